The van der Waals surface area contributed by atoms with Gasteiger partial charge in [-0.05, 0) is 34.1 Å². The van der Waals surface area contributed by atoms with Gasteiger partial charge in [-0.1, -0.05) is 6.92 Å². The number of rotatable bonds is 5. The van der Waals surface area contributed by atoms with E-state index in [1.165, 1.54) is 0 Å². The highest BCUT2D eigenvalue weighted by molar-refractivity contribution is 5.83. The van der Waals surface area contributed by atoms with Crippen molar-refractivity contribution in [2.45, 2.75) is 59.1 Å². The van der Waals surface area contributed by atoms with Crippen molar-refractivity contribution in [3.63, 3.8) is 0 Å². The van der Waals surface area contributed by atoms with E-state index in [0.29, 0.717) is 25.5 Å². The van der Waals surface area contributed by atoms with E-state index in [-0.39, 0.29) is 24.5 Å². The summed E-state index contributed by atoms with van der Waals surface area (Å²) in [5.41, 5.74) is -0.509. The van der Waals surface area contributed by atoms with Gasteiger partial charge in [-0.2, -0.15) is 0 Å². The van der Waals surface area contributed by atoms with E-state index in [9.17, 15) is 9.59 Å². The Bertz CT molecular complexity index is 443. The van der Waals surface area contributed by atoms with Gasteiger partial charge < -0.3 is 20.3 Å². The molecule has 0 spiro atoms. The van der Waals surface area contributed by atoms with Crippen LogP contribution in [0, 0.1) is 0 Å². The van der Waals surface area contributed by atoms with E-state index < -0.39 is 5.60 Å². The van der Waals surface area contributed by atoms with Crippen LogP contribution in [0.4, 0.5) is 0 Å². The lowest BCUT2D eigenvalue weighted by Gasteiger charge is -2.20. The molecule has 7 nitrogen and oxygen atoms in total. The molecule has 1 atom stereocenters. The molecule has 1 aliphatic heterocycles. The number of hydrogen-bond acceptors (Lipinski definition) is 4. The molecule has 0 aromatic carbocycles. The van der Waals surface area contributed by atoms with Crippen LogP contribution >= 0.6 is 0 Å². The van der Waals surface area contributed by atoms with Crippen molar-refractivity contribution in [2.75, 3.05) is 26.2 Å². The molecule has 0 radical (unpaired) electrons. The van der Waals surface area contributed by atoms with Crippen molar-refractivity contribution in [3.8, 4) is 0 Å². The number of aliphatic imine (C=N–C) groups is 1. The molecule has 2 N–H and O–H groups in total. The van der Waals surface area contributed by atoms with Gasteiger partial charge in [0, 0.05) is 32.1 Å². The minimum absolute atomic E-state index is 0.0308. The Morgan fingerprint density at radius 1 is 1.30 bits per heavy atom. The summed E-state index contributed by atoms with van der Waals surface area (Å²) in [6.07, 6.45) is 1.40. The number of carbonyl (C=O) groups excluding carboxylic acids is 2. The first-order valence-electron chi connectivity index (χ1n) is 8.29. The number of amides is 1. The van der Waals surface area contributed by atoms with Crippen molar-refractivity contribution in [1.82, 2.24) is 15.5 Å². The molecular formula is C16H30N4O3. The van der Waals surface area contributed by atoms with Crippen LogP contribution in [0.1, 0.15) is 47.5 Å². The zero-order valence-electron chi connectivity index (χ0n) is 14.9. The summed E-state index contributed by atoms with van der Waals surface area (Å²) in [5, 5.41) is 6.39. The summed E-state index contributed by atoms with van der Waals surface area (Å²) in [6.45, 7) is 11.4. The van der Waals surface area contributed by atoms with Crippen LogP contribution in [0.25, 0.3) is 0 Å². The summed E-state index contributed by atoms with van der Waals surface area (Å²) in [4.78, 5) is 29.6. The molecule has 132 valence electrons. The molecule has 0 aromatic rings. The maximum atomic E-state index is 11.7. The predicted molar refractivity (Wildman–Crippen MR) is 90.2 cm³/mol. The lowest BCUT2D eigenvalue weighted by molar-refractivity contribution is -0.152. The Kier molecular flexibility index (Phi) is 7.32. The van der Waals surface area contributed by atoms with E-state index in [1.54, 1.807) is 0 Å². The standard InChI is InChI=1S/C16H30N4O3/c1-6-13(21)20-9-8-12(11-20)19-15(17-7-2)18-10-14(22)23-16(3,4)5/h12H,6-11H2,1-5H3,(H2,17,18,19). The van der Waals surface area contributed by atoms with Crippen molar-refractivity contribution in [2.24, 2.45) is 4.99 Å². The average Bonchev–Trinajstić information content (AvgIpc) is 2.91. The third-order valence-corrected chi connectivity index (χ3v) is 3.31. The number of likely N-dealkylation sites (tertiary alicyclic amines) is 1. The predicted octanol–water partition coefficient (Wildman–Crippen LogP) is 0.894. The van der Waals surface area contributed by atoms with Crippen LogP contribution in [-0.2, 0) is 14.3 Å². The second-order valence-corrected chi connectivity index (χ2v) is 6.60. The average molecular weight is 326 g/mol. The van der Waals surface area contributed by atoms with Crippen molar-refractivity contribution in [3.05, 3.63) is 0 Å². The maximum absolute atomic E-state index is 11.7. The number of guanidine groups is 1. The summed E-state index contributed by atoms with van der Waals surface area (Å²) < 4.78 is 5.24. The molecule has 1 rings (SSSR count). The van der Waals surface area contributed by atoms with Crippen LogP contribution in [-0.4, -0.2) is 60.6 Å². The molecule has 0 bridgehead atoms. The fourth-order valence-electron chi connectivity index (χ4n) is 2.36. The number of ether oxygens (including phenoxy) is 1. The lowest BCUT2D eigenvalue weighted by Crippen LogP contribution is -2.45. The van der Waals surface area contributed by atoms with E-state index in [2.05, 4.69) is 15.6 Å². The van der Waals surface area contributed by atoms with E-state index in [0.717, 1.165) is 13.0 Å². The molecule has 1 saturated heterocycles. The van der Waals surface area contributed by atoms with Crippen molar-refractivity contribution >= 4 is 17.8 Å². The van der Waals surface area contributed by atoms with Crippen LogP contribution in [0.5, 0.6) is 0 Å². The molecule has 1 unspecified atom stereocenters. The highest BCUT2D eigenvalue weighted by Crippen LogP contribution is 2.10. The summed E-state index contributed by atoms with van der Waals surface area (Å²) >= 11 is 0. The molecule has 1 heterocycles. The Morgan fingerprint density at radius 2 is 2.00 bits per heavy atom. The molecule has 7 heteroatoms. The monoisotopic (exact) mass is 326 g/mol. The van der Waals surface area contributed by atoms with Crippen molar-refractivity contribution < 1.29 is 14.3 Å². The highest BCUT2D eigenvalue weighted by Gasteiger charge is 2.26. The van der Waals surface area contributed by atoms with Crippen LogP contribution in [0.15, 0.2) is 4.99 Å². The number of nitrogens with zero attached hydrogens (tertiary/aromatic N) is 2. The molecular weight excluding hydrogens is 296 g/mol. The van der Waals surface area contributed by atoms with Crippen LogP contribution < -0.4 is 10.6 Å². The van der Waals surface area contributed by atoms with E-state index in [4.69, 9.17) is 4.74 Å². The normalized spacial score (nSPS) is 18.7. The summed E-state index contributed by atoms with van der Waals surface area (Å²) in [6, 6.07) is 0.155. The first kappa shape index (κ1) is 19.3. The SMILES string of the molecule is CCNC(=NCC(=O)OC(C)(C)C)NC1CCN(C(=O)CC)C1. The summed E-state index contributed by atoms with van der Waals surface area (Å²) in [5.74, 6) is 0.392. The van der Waals surface area contributed by atoms with Crippen LogP contribution in [0.3, 0.4) is 0 Å². The second kappa shape index (κ2) is 8.74. The maximum Gasteiger partial charge on any atom is 0.328 e. The van der Waals surface area contributed by atoms with E-state index in [1.807, 2.05) is 39.5 Å². The van der Waals surface area contributed by atoms with Gasteiger partial charge in [-0.25, -0.2) is 4.99 Å². The van der Waals surface area contributed by atoms with Crippen molar-refractivity contribution in [1.29, 1.82) is 0 Å². The first-order valence-corrected chi connectivity index (χ1v) is 8.29. The first-order chi connectivity index (χ1) is 10.7. The van der Waals surface area contributed by atoms with Gasteiger partial charge in [0.25, 0.3) is 0 Å². The molecule has 1 fully saturated rings. The zero-order chi connectivity index (χ0) is 17.5. The molecule has 23 heavy (non-hydrogen) atoms. The van der Waals surface area contributed by atoms with Gasteiger partial charge in [0.2, 0.25) is 5.91 Å². The van der Waals surface area contributed by atoms with Gasteiger partial charge in [-0.15, -0.1) is 0 Å². The number of nitrogens with one attached hydrogen (secondary N) is 2. The lowest BCUT2D eigenvalue weighted by atomic mass is 10.2. The number of esters is 1. The molecule has 1 aliphatic rings. The zero-order valence-corrected chi connectivity index (χ0v) is 14.9. The smallest absolute Gasteiger partial charge is 0.328 e. The Morgan fingerprint density at radius 3 is 2.57 bits per heavy atom. The minimum atomic E-state index is -0.509. The van der Waals surface area contributed by atoms with Gasteiger partial charge >= 0.3 is 5.97 Å². The van der Waals surface area contributed by atoms with Gasteiger partial charge in [0.1, 0.15) is 12.1 Å². The summed E-state index contributed by atoms with van der Waals surface area (Å²) in [7, 11) is 0. The molecule has 1 amide bonds. The third kappa shape index (κ3) is 7.34. The molecule has 0 aromatic heterocycles. The number of carbonyl (C=O) groups is 2. The Balaban J connectivity index is 2.53. The topological polar surface area (TPSA) is 83.0 Å². The molecule has 0 aliphatic carbocycles. The van der Waals surface area contributed by atoms with Gasteiger partial charge in [-0.3, -0.25) is 9.59 Å². The van der Waals surface area contributed by atoms with Gasteiger partial charge in [0.15, 0.2) is 5.96 Å². The molecule has 0 saturated carbocycles. The number of hydrogen-bond donors (Lipinski definition) is 2. The highest BCUT2D eigenvalue weighted by atomic mass is 16.6. The Labute approximate surface area is 138 Å². The van der Waals surface area contributed by atoms with E-state index >= 15 is 0 Å². The third-order valence-electron chi connectivity index (χ3n) is 3.31. The quantitative estimate of drug-likeness (QED) is 0.445. The largest absolute Gasteiger partial charge is 0.459 e. The Hall–Kier alpha value is -1.79. The second-order valence-electron chi connectivity index (χ2n) is 6.60. The van der Waals surface area contributed by atoms with Gasteiger partial charge in [0.05, 0.1) is 0 Å². The van der Waals surface area contributed by atoms with Crippen LogP contribution in [0.2, 0.25) is 0 Å². The fraction of sp³-hybridized carbons (Fsp3) is 0.812. The minimum Gasteiger partial charge on any atom is -0.459 e. The fourth-order valence-corrected chi connectivity index (χ4v) is 2.36.